The molecule has 0 aliphatic rings. The number of para-hydroxylation sites is 2. The summed E-state index contributed by atoms with van der Waals surface area (Å²) in [4.78, 5) is 8.86. The second-order valence-electron chi connectivity index (χ2n) is 3.99. The van der Waals surface area contributed by atoms with Gasteiger partial charge in [-0.1, -0.05) is 12.1 Å². The molecule has 3 nitrogen and oxygen atoms in total. The Morgan fingerprint density at radius 1 is 1.29 bits per heavy atom. The lowest BCUT2D eigenvalue weighted by atomic mass is 10.1. The standard InChI is InChI=1S/C14H15N3/c1-2-3-4-7-11(15)14-10-16-12-8-5-6-9-13(12)17-14/h1,5-6,8-11H,3-4,7,15H2. The van der Waals surface area contributed by atoms with Gasteiger partial charge >= 0.3 is 0 Å². The van der Waals surface area contributed by atoms with Gasteiger partial charge in [-0.25, -0.2) is 4.98 Å². The van der Waals surface area contributed by atoms with Crippen molar-refractivity contribution in [3.05, 3.63) is 36.2 Å². The highest BCUT2D eigenvalue weighted by atomic mass is 14.8. The summed E-state index contributed by atoms with van der Waals surface area (Å²) in [6.45, 7) is 0. The van der Waals surface area contributed by atoms with Crippen LogP contribution in [0.3, 0.4) is 0 Å². The third-order valence-electron chi connectivity index (χ3n) is 2.68. The van der Waals surface area contributed by atoms with Crippen molar-refractivity contribution < 1.29 is 0 Å². The minimum Gasteiger partial charge on any atom is -0.323 e. The maximum absolute atomic E-state index is 6.06. The largest absolute Gasteiger partial charge is 0.323 e. The maximum atomic E-state index is 6.06. The minimum absolute atomic E-state index is 0.0829. The van der Waals surface area contributed by atoms with Crippen molar-refractivity contribution in [2.45, 2.75) is 25.3 Å². The molecule has 1 aromatic carbocycles. The van der Waals surface area contributed by atoms with Crippen molar-refractivity contribution in [2.75, 3.05) is 0 Å². The molecule has 0 aliphatic carbocycles. The van der Waals surface area contributed by atoms with Gasteiger partial charge in [0, 0.05) is 12.5 Å². The van der Waals surface area contributed by atoms with Gasteiger partial charge in [-0.3, -0.25) is 4.98 Å². The van der Waals surface area contributed by atoms with Crippen molar-refractivity contribution in [3.8, 4) is 12.3 Å². The number of fused-ring (bicyclic) bond motifs is 1. The number of terminal acetylenes is 1. The van der Waals surface area contributed by atoms with E-state index in [-0.39, 0.29) is 6.04 Å². The maximum Gasteiger partial charge on any atom is 0.0890 e. The van der Waals surface area contributed by atoms with E-state index >= 15 is 0 Å². The van der Waals surface area contributed by atoms with E-state index in [1.165, 1.54) is 0 Å². The van der Waals surface area contributed by atoms with Crippen LogP contribution in [0.25, 0.3) is 11.0 Å². The zero-order valence-electron chi connectivity index (χ0n) is 9.63. The Hall–Kier alpha value is -1.92. The van der Waals surface area contributed by atoms with Gasteiger partial charge in [-0.05, 0) is 25.0 Å². The fraction of sp³-hybridized carbons (Fsp3) is 0.286. The van der Waals surface area contributed by atoms with Crippen LogP contribution in [-0.4, -0.2) is 9.97 Å². The van der Waals surface area contributed by atoms with Crippen LogP contribution in [0.1, 0.15) is 31.0 Å². The first kappa shape index (κ1) is 11.6. The number of aromatic nitrogens is 2. The lowest BCUT2D eigenvalue weighted by Gasteiger charge is -2.10. The topological polar surface area (TPSA) is 51.8 Å². The quantitative estimate of drug-likeness (QED) is 0.642. The van der Waals surface area contributed by atoms with Crippen LogP contribution < -0.4 is 5.73 Å². The minimum atomic E-state index is -0.0829. The van der Waals surface area contributed by atoms with Crippen LogP contribution in [0.5, 0.6) is 0 Å². The lowest BCUT2D eigenvalue weighted by molar-refractivity contribution is 0.606. The molecule has 1 atom stereocenters. The van der Waals surface area contributed by atoms with Gasteiger partial charge in [0.25, 0.3) is 0 Å². The highest BCUT2D eigenvalue weighted by molar-refractivity contribution is 5.73. The Kier molecular flexibility index (Phi) is 3.69. The highest BCUT2D eigenvalue weighted by Gasteiger charge is 2.08. The molecule has 3 heteroatoms. The van der Waals surface area contributed by atoms with Crippen molar-refractivity contribution in [1.29, 1.82) is 0 Å². The summed E-state index contributed by atoms with van der Waals surface area (Å²) < 4.78 is 0. The molecule has 0 amide bonds. The van der Waals surface area contributed by atoms with E-state index < -0.39 is 0 Å². The van der Waals surface area contributed by atoms with Gasteiger partial charge in [-0.2, -0.15) is 0 Å². The van der Waals surface area contributed by atoms with E-state index in [0.717, 1.165) is 36.0 Å². The second kappa shape index (κ2) is 5.42. The van der Waals surface area contributed by atoms with Gasteiger partial charge in [0.05, 0.1) is 22.9 Å². The molecule has 86 valence electrons. The van der Waals surface area contributed by atoms with E-state index in [1.54, 1.807) is 6.20 Å². The van der Waals surface area contributed by atoms with E-state index in [9.17, 15) is 0 Å². The predicted molar refractivity (Wildman–Crippen MR) is 69.2 cm³/mol. The molecule has 0 fully saturated rings. The number of benzene rings is 1. The Morgan fingerprint density at radius 2 is 2.06 bits per heavy atom. The third kappa shape index (κ3) is 2.80. The average molecular weight is 225 g/mol. The SMILES string of the molecule is C#CCCCC(N)c1cnc2ccccc2n1. The number of hydrogen-bond acceptors (Lipinski definition) is 3. The summed E-state index contributed by atoms with van der Waals surface area (Å²) in [5.41, 5.74) is 8.67. The molecule has 1 heterocycles. The zero-order chi connectivity index (χ0) is 12.1. The van der Waals surface area contributed by atoms with E-state index in [0.29, 0.717) is 0 Å². The molecule has 0 radical (unpaired) electrons. The summed E-state index contributed by atoms with van der Waals surface area (Å²) in [6.07, 6.45) is 9.49. The van der Waals surface area contributed by atoms with E-state index in [2.05, 4.69) is 15.9 Å². The first-order chi connectivity index (χ1) is 8.31. The smallest absolute Gasteiger partial charge is 0.0890 e. The van der Waals surface area contributed by atoms with Crippen LogP contribution in [0.4, 0.5) is 0 Å². The van der Waals surface area contributed by atoms with Gasteiger partial charge in [-0.15, -0.1) is 12.3 Å². The normalized spacial score (nSPS) is 12.2. The summed E-state index contributed by atoms with van der Waals surface area (Å²) >= 11 is 0. The fourth-order valence-corrected chi connectivity index (χ4v) is 1.72. The number of nitrogens with two attached hydrogens (primary N) is 1. The van der Waals surface area contributed by atoms with Crippen LogP contribution in [0.2, 0.25) is 0 Å². The molecule has 1 unspecified atom stereocenters. The molecule has 2 rings (SSSR count). The van der Waals surface area contributed by atoms with Gasteiger partial charge in [0.2, 0.25) is 0 Å². The Bertz CT molecular complexity index is 542. The molecule has 1 aromatic heterocycles. The van der Waals surface area contributed by atoms with Crippen LogP contribution in [0, 0.1) is 12.3 Å². The summed E-state index contributed by atoms with van der Waals surface area (Å²) in [5, 5.41) is 0. The summed E-state index contributed by atoms with van der Waals surface area (Å²) in [6, 6.07) is 7.70. The molecule has 0 aliphatic heterocycles. The average Bonchev–Trinajstić information content (AvgIpc) is 2.38. The van der Waals surface area contributed by atoms with Crippen molar-refractivity contribution >= 4 is 11.0 Å². The molecule has 2 N–H and O–H groups in total. The van der Waals surface area contributed by atoms with Gasteiger partial charge < -0.3 is 5.73 Å². The van der Waals surface area contributed by atoms with Crippen LogP contribution in [0.15, 0.2) is 30.5 Å². The first-order valence-electron chi connectivity index (χ1n) is 5.72. The van der Waals surface area contributed by atoms with E-state index in [1.807, 2.05) is 24.3 Å². The van der Waals surface area contributed by atoms with Crippen molar-refractivity contribution in [3.63, 3.8) is 0 Å². The Labute approximate surface area is 101 Å². The third-order valence-corrected chi connectivity index (χ3v) is 2.68. The lowest BCUT2D eigenvalue weighted by Crippen LogP contribution is -2.12. The summed E-state index contributed by atoms with van der Waals surface area (Å²) in [5.74, 6) is 2.61. The Balaban J connectivity index is 2.16. The fourth-order valence-electron chi connectivity index (χ4n) is 1.72. The van der Waals surface area contributed by atoms with Gasteiger partial charge in [0.15, 0.2) is 0 Å². The van der Waals surface area contributed by atoms with Gasteiger partial charge in [0.1, 0.15) is 0 Å². The molecule has 0 saturated heterocycles. The van der Waals surface area contributed by atoms with Crippen molar-refractivity contribution in [1.82, 2.24) is 9.97 Å². The number of rotatable bonds is 4. The van der Waals surface area contributed by atoms with E-state index in [4.69, 9.17) is 12.2 Å². The molecule has 17 heavy (non-hydrogen) atoms. The zero-order valence-corrected chi connectivity index (χ0v) is 9.63. The number of nitrogens with zero attached hydrogens (tertiary/aromatic N) is 2. The second-order valence-corrected chi connectivity index (χ2v) is 3.99. The molecule has 2 aromatic rings. The summed E-state index contributed by atoms with van der Waals surface area (Å²) in [7, 11) is 0. The molecular weight excluding hydrogens is 210 g/mol. The molecular formula is C14H15N3. The first-order valence-corrected chi connectivity index (χ1v) is 5.72. The van der Waals surface area contributed by atoms with Crippen molar-refractivity contribution in [2.24, 2.45) is 5.73 Å². The highest BCUT2D eigenvalue weighted by Crippen LogP contribution is 2.16. The monoisotopic (exact) mass is 225 g/mol. The molecule has 0 spiro atoms. The predicted octanol–water partition coefficient (Wildman–Crippen LogP) is 2.43. The number of hydrogen-bond donors (Lipinski definition) is 1. The molecule has 0 saturated carbocycles. The number of unbranched alkanes of at least 4 members (excludes halogenated alkanes) is 1. The van der Waals surface area contributed by atoms with Crippen LogP contribution in [-0.2, 0) is 0 Å². The Morgan fingerprint density at radius 3 is 2.82 bits per heavy atom. The molecule has 0 bridgehead atoms. The van der Waals surface area contributed by atoms with Crippen LogP contribution >= 0.6 is 0 Å².